The van der Waals surface area contributed by atoms with Crippen molar-refractivity contribution in [2.75, 3.05) is 34.9 Å². The molecule has 1 rings (SSSR count). The number of likely N-dealkylation sites (N-methyl/N-ethyl adjacent to an activating group) is 2. The molecule has 1 N–H and O–H groups in total. The Hall–Kier alpha value is -2.73. The molecular formula is C36H65N3O9. The van der Waals surface area contributed by atoms with E-state index in [1.807, 2.05) is 41.5 Å². The predicted octanol–water partition coefficient (Wildman–Crippen LogP) is 5.11. The van der Waals surface area contributed by atoms with Crippen LogP contribution in [0.5, 0.6) is 0 Å². The number of carboxylic acids is 1. The minimum atomic E-state index is -0.984. The van der Waals surface area contributed by atoms with E-state index in [1.165, 1.54) is 19.1 Å². The van der Waals surface area contributed by atoms with Crippen LogP contribution in [0, 0.1) is 29.6 Å². The molecule has 0 radical (unpaired) electrons. The van der Waals surface area contributed by atoms with Gasteiger partial charge in [-0.2, -0.15) is 0 Å². The Morgan fingerprint density at radius 1 is 0.896 bits per heavy atom. The molecule has 12 nitrogen and oxygen atoms in total. The number of amides is 3. The number of carboxylic acid groups (broad SMARTS) is 1. The zero-order chi connectivity index (χ0) is 37.3. The molecule has 0 aliphatic carbocycles. The van der Waals surface area contributed by atoms with Crippen LogP contribution in [-0.4, -0.2) is 120 Å². The summed E-state index contributed by atoms with van der Waals surface area (Å²) in [5.41, 5.74) is -0.725. The highest BCUT2D eigenvalue weighted by Gasteiger charge is 2.43. The van der Waals surface area contributed by atoms with Crippen molar-refractivity contribution in [1.82, 2.24) is 14.7 Å². The Balaban J connectivity index is 3.32. The monoisotopic (exact) mass is 683 g/mol. The number of ketones is 1. The van der Waals surface area contributed by atoms with Gasteiger partial charge in [0.15, 0.2) is 5.78 Å². The molecule has 1 fully saturated rings. The van der Waals surface area contributed by atoms with Crippen LogP contribution < -0.4 is 0 Å². The van der Waals surface area contributed by atoms with Gasteiger partial charge in [-0.1, -0.05) is 48.0 Å². The first kappa shape index (κ1) is 43.3. The van der Waals surface area contributed by atoms with E-state index in [-0.39, 0.29) is 54.2 Å². The number of methoxy groups -OCH3 is 2. The molecule has 3 amide bonds. The molecule has 1 aliphatic rings. The van der Waals surface area contributed by atoms with Gasteiger partial charge in [-0.15, -0.1) is 0 Å². The topological polar surface area (TPSA) is 143 Å². The molecule has 278 valence electrons. The quantitative estimate of drug-likeness (QED) is 0.208. The largest absolute Gasteiger partial charge is 0.481 e. The van der Waals surface area contributed by atoms with Gasteiger partial charge >= 0.3 is 12.1 Å². The van der Waals surface area contributed by atoms with Crippen molar-refractivity contribution in [1.29, 1.82) is 0 Å². The molecule has 0 spiro atoms. The number of carbonyl (C=O) groups is 5. The number of carbonyl (C=O) groups excluding carboxylic acids is 4. The van der Waals surface area contributed by atoms with Gasteiger partial charge in [0.05, 0.1) is 42.7 Å². The summed E-state index contributed by atoms with van der Waals surface area (Å²) in [4.78, 5) is 71.3. The summed E-state index contributed by atoms with van der Waals surface area (Å²) in [6.45, 7) is 18.9. The van der Waals surface area contributed by atoms with Crippen LogP contribution in [-0.2, 0) is 33.4 Å². The second-order valence-electron chi connectivity index (χ2n) is 15.2. The minimum Gasteiger partial charge on any atom is -0.481 e. The van der Waals surface area contributed by atoms with Gasteiger partial charge in [0.25, 0.3) is 0 Å². The third-order valence-electron chi connectivity index (χ3n) is 9.84. The Labute approximate surface area is 289 Å². The summed E-state index contributed by atoms with van der Waals surface area (Å²) in [6, 6.07) is -1.63. The maximum atomic E-state index is 14.3. The highest BCUT2D eigenvalue weighted by Crippen LogP contribution is 2.31. The highest BCUT2D eigenvalue weighted by molar-refractivity contribution is 5.92. The van der Waals surface area contributed by atoms with Crippen molar-refractivity contribution in [2.45, 2.75) is 137 Å². The molecule has 8 atom stereocenters. The van der Waals surface area contributed by atoms with Gasteiger partial charge in [-0.25, -0.2) is 4.79 Å². The van der Waals surface area contributed by atoms with E-state index >= 15 is 0 Å². The van der Waals surface area contributed by atoms with Crippen LogP contribution in [0.4, 0.5) is 4.79 Å². The molecule has 0 bridgehead atoms. The van der Waals surface area contributed by atoms with Crippen molar-refractivity contribution in [3.8, 4) is 0 Å². The van der Waals surface area contributed by atoms with Crippen LogP contribution in [0.3, 0.4) is 0 Å². The van der Waals surface area contributed by atoms with Crippen LogP contribution in [0.1, 0.15) is 101 Å². The average molecular weight is 684 g/mol. The fourth-order valence-electron chi connectivity index (χ4n) is 6.99. The lowest BCUT2D eigenvalue weighted by molar-refractivity contribution is -0.152. The molecule has 12 heteroatoms. The number of hydrogen-bond donors (Lipinski definition) is 1. The predicted molar refractivity (Wildman–Crippen MR) is 184 cm³/mol. The Bertz CT molecular complexity index is 1090. The highest BCUT2D eigenvalue weighted by atomic mass is 16.6. The number of aliphatic carboxylic acids is 1. The van der Waals surface area contributed by atoms with E-state index in [9.17, 15) is 29.1 Å². The number of likely N-dealkylation sites (tertiary alicyclic amines) is 1. The van der Waals surface area contributed by atoms with Crippen LogP contribution in [0.2, 0.25) is 0 Å². The van der Waals surface area contributed by atoms with Crippen molar-refractivity contribution in [3.63, 3.8) is 0 Å². The van der Waals surface area contributed by atoms with E-state index < -0.39 is 53.8 Å². The fourth-order valence-corrected chi connectivity index (χ4v) is 6.99. The third-order valence-corrected chi connectivity index (χ3v) is 9.84. The molecule has 48 heavy (non-hydrogen) atoms. The molecule has 0 aromatic heterocycles. The van der Waals surface area contributed by atoms with Gasteiger partial charge in [-0.3, -0.25) is 19.2 Å². The average Bonchev–Trinajstić information content (AvgIpc) is 3.47. The maximum Gasteiger partial charge on any atom is 0.410 e. The number of hydrogen-bond acceptors (Lipinski definition) is 8. The van der Waals surface area contributed by atoms with Crippen LogP contribution >= 0.6 is 0 Å². The van der Waals surface area contributed by atoms with Gasteiger partial charge in [-0.05, 0) is 58.3 Å². The smallest absolute Gasteiger partial charge is 0.410 e. The normalized spacial score (nSPS) is 19.7. The van der Waals surface area contributed by atoms with E-state index in [0.717, 1.165) is 6.42 Å². The van der Waals surface area contributed by atoms with Crippen molar-refractivity contribution < 1.29 is 43.3 Å². The van der Waals surface area contributed by atoms with Crippen molar-refractivity contribution >= 4 is 29.7 Å². The molecule has 0 unspecified atom stereocenters. The first-order valence-electron chi connectivity index (χ1n) is 17.5. The summed E-state index contributed by atoms with van der Waals surface area (Å²) < 4.78 is 17.1. The zero-order valence-electron chi connectivity index (χ0n) is 32.1. The van der Waals surface area contributed by atoms with Crippen LogP contribution in [0.25, 0.3) is 0 Å². The molecule has 1 heterocycles. The molecule has 0 aromatic carbocycles. The lowest BCUT2D eigenvalue weighted by Gasteiger charge is -2.41. The van der Waals surface area contributed by atoms with E-state index in [4.69, 9.17) is 14.2 Å². The molecule has 1 aliphatic heterocycles. The number of Topliss-reactive ketones (excluding diaryl/α,β-unsaturated/α-hetero) is 1. The second kappa shape index (κ2) is 18.9. The summed E-state index contributed by atoms with van der Waals surface area (Å²) >= 11 is 0. The Kier molecular flexibility index (Phi) is 17.0. The molecule has 1 saturated heterocycles. The lowest BCUT2D eigenvalue weighted by atomic mass is 9.83. The number of rotatable bonds is 18. The molecular weight excluding hydrogens is 618 g/mol. The molecule has 0 saturated carbocycles. The summed E-state index contributed by atoms with van der Waals surface area (Å²) in [5, 5.41) is 9.63. The maximum absolute atomic E-state index is 14.3. The van der Waals surface area contributed by atoms with E-state index in [2.05, 4.69) is 0 Å². The third kappa shape index (κ3) is 11.4. The SMILES string of the molecule is CC[C@H](C)[C@@H]([C@@H](CC(=O)N1CCC[C@H]1[C@H](OC)[C@@H](C)C(=O)O)OC)N(C)C(=O)[C@@H](CC(=O)[C@H](C(C)C)N(C)C(=O)OC(C)(C)C)C(C)C. The van der Waals surface area contributed by atoms with Crippen LogP contribution in [0.15, 0.2) is 0 Å². The van der Waals surface area contributed by atoms with Gasteiger partial charge in [0, 0.05) is 47.2 Å². The molecule has 0 aromatic rings. The lowest BCUT2D eigenvalue weighted by Crippen LogP contribution is -2.54. The Morgan fingerprint density at radius 3 is 1.92 bits per heavy atom. The number of ether oxygens (including phenoxy) is 3. The van der Waals surface area contributed by atoms with E-state index in [0.29, 0.717) is 19.4 Å². The van der Waals surface area contributed by atoms with Crippen molar-refractivity contribution in [2.24, 2.45) is 29.6 Å². The fraction of sp³-hybridized carbons (Fsp3) is 0.861. The summed E-state index contributed by atoms with van der Waals surface area (Å²) in [5.74, 6) is -3.52. The van der Waals surface area contributed by atoms with Gasteiger partial charge < -0.3 is 34.0 Å². The summed E-state index contributed by atoms with van der Waals surface area (Å²) in [6.07, 6.45) is 0.123. The first-order valence-corrected chi connectivity index (χ1v) is 17.5. The minimum absolute atomic E-state index is 0.00110. The first-order chi connectivity index (χ1) is 22.1. The van der Waals surface area contributed by atoms with Crippen molar-refractivity contribution in [3.05, 3.63) is 0 Å². The standard InChI is InChI=1S/C36H65N3O9/c1-15-23(6)31(28(46-13)20-29(41)39-18-16-17-26(39)32(47-14)24(7)34(43)44)37(11)33(42)25(21(2)3)19-27(40)30(22(4)5)38(12)35(45)48-36(8,9)10/h21-26,28,30-32H,15-20H2,1-14H3,(H,43,44)/t23-,24+,25-,26-,28+,30-,31-,32+/m0/s1. The van der Waals surface area contributed by atoms with Gasteiger partial charge in [0.2, 0.25) is 11.8 Å². The summed E-state index contributed by atoms with van der Waals surface area (Å²) in [7, 11) is 6.25. The zero-order valence-corrected chi connectivity index (χ0v) is 32.1. The van der Waals surface area contributed by atoms with E-state index in [1.54, 1.807) is 51.6 Å². The Morgan fingerprint density at radius 2 is 1.48 bits per heavy atom. The second-order valence-corrected chi connectivity index (χ2v) is 15.2. The number of nitrogens with zero attached hydrogens (tertiary/aromatic N) is 3. The van der Waals surface area contributed by atoms with Gasteiger partial charge in [0.1, 0.15) is 5.60 Å².